The largest absolute Gasteiger partial charge is 0.315 e. The first kappa shape index (κ1) is 14.9. The molecule has 1 atom stereocenters. The zero-order chi connectivity index (χ0) is 12.5. The Morgan fingerprint density at radius 3 is 2.71 bits per heavy atom. The van der Waals surface area contributed by atoms with E-state index in [1.807, 2.05) is 0 Å². The fourth-order valence-corrected chi connectivity index (χ4v) is 2.62. The molecule has 0 spiro atoms. The van der Waals surface area contributed by atoms with Crippen molar-refractivity contribution in [3.05, 3.63) is 0 Å². The third kappa shape index (κ3) is 5.84. The van der Waals surface area contributed by atoms with Gasteiger partial charge in [-0.05, 0) is 45.9 Å². The summed E-state index contributed by atoms with van der Waals surface area (Å²) in [6.45, 7) is 11.9. The number of nitrogens with zero attached hydrogens (tertiary/aromatic N) is 2. The van der Waals surface area contributed by atoms with Crippen molar-refractivity contribution in [3.63, 3.8) is 0 Å². The van der Waals surface area contributed by atoms with Gasteiger partial charge in [0.05, 0.1) is 0 Å². The third-order valence-electron chi connectivity index (χ3n) is 3.78. The lowest BCUT2D eigenvalue weighted by atomic mass is 10.2. The van der Waals surface area contributed by atoms with Crippen molar-refractivity contribution >= 4 is 0 Å². The van der Waals surface area contributed by atoms with Crippen LogP contribution in [0.25, 0.3) is 0 Å². The summed E-state index contributed by atoms with van der Waals surface area (Å²) in [7, 11) is 2.26. The summed E-state index contributed by atoms with van der Waals surface area (Å²) in [5.41, 5.74) is 0. The van der Waals surface area contributed by atoms with Crippen molar-refractivity contribution in [2.24, 2.45) is 0 Å². The summed E-state index contributed by atoms with van der Waals surface area (Å²) in [6.07, 6.45) is 5.19. The topological polar surface area (TPSA) is 18.5 Å². The average molecular weight is 241 g/mol. The summed E-state index contributed by atoms with van der Waals surface area (Å²) >= 11 is 0. The van der Waals surface area contributed by atoms with E-state index in [-0.39, 0.29) is 0 Å². The minimum absolute atomic E-state index is 0.760. The number of hydrogen-bond donors (Lipinski definition) is 1. The van der Waals surface area contributed by atoms with E-state index in [0.717, 1.165) is 12.6 Å². The molecule has 102 valence electrons. The van der Waals surface area contributed by atoms with Crippen molar-refractivity contribution in [1.82, 2.24) is 15.1 Å². The molecule has 0 aromatic heterocycles. The highest BCUT2D eigenvalue weighted by atomic mass is 15.2. The van der Waals surface area contributed by atoms with Gasteiger partial charge in [0.2, 0.25) is 0 Å². The first-order valence-corrected chi connectivity index (χ1v) is 7.41. The zero-order valence-corrected chi connectivity index (χ0v) is 12.0. The van der Waals surface area contributed by atoms with Crippen molar-refractivity contribution < 1.29 is 0 Å². The van der Waals surface area contributed by atoms with Gasteiger partial charge < -0.3 is 10.2 Å². The molecule has 0 bridgehead atoms. The molecule has 1 N–H and O–H groups in total. The van der Waals surface area contributed by atoms with Crippen LogP contribution in [-0.2, 0) is 0 Å². The van der Waals surface area contributed by atoms with Crippen LogP contribution in [0.5, 0.6) is 0 Å². The van der Waals surface area contributed by atoms with Crippen LogP contribution in [0.1, 0.15) is 39.5 Å². The van der Waals surface area contributed by atoms with Gasteiger partial charge in [0, 0.05) is 25.7 Å². The maximum absolute atomic E-state index is 3.55. The maximum atomic E-state index is 3.55. The molecule has 17 heavy (non-hydrogen) atoms. The molecule has 0 aliphatic carbocycles. The normalized spacial score (nSPS) is 23.8. The van der Waals surface area contributed by atoms with E-state index in [9.17, 15) is 0 Å². The summed E-state index contributed by atoms with van der Waals surface area (Å²) in [5, 5.41) is 3.55. The van der Waals surface area contributed by atoms with Gasteiger partial charge >= 0.3 is 0 Å². The fourth-order valence-electron chi connectivity index (χ4n) is 2.62. The Balaban J connectivity index is 2.23. The molecule has 3 heteroatoms. The molecule has 1 fully saturated rings. The highest BCUT2D eigenvalue weighted by molar-refractivity contribution is 4.78. The highest BCUT2D eigenvalue weighted by Gasteiger charge is 2.20. The molecule has 0 radical (unpaired) electrons. The number of nitrogens with one attached hydrogen (secondary N) is 1. The quantitative estimate of drug-likeness (QED) is 0.686. The van der Waals surface area contributed by atoms with E-state index < -0.39 is 0 Å². The van der Waals surface area contributed by atoms with Crippen LogP contribution in [0, 0.1) is 0 Å². The molecule has 0 amide bonds. The Labute approximate surface area is 108 Å². The van der Waals surface area contributed by atoms with Crippen LogP contribution >= 0.6 is 0 Å². The first-order valence-electron chi connectivity index (χ1n) is 7.41. The van der Waals surface area contributed by atoms with Gasteiger partial charge in [-0.2, -0.15) is 0 Å². The predicted molar refractivity (Wildman–Crippen MR) is 75.5 cm³/mol. The molecule has 3 nitrogen and oxygen atoms in total. The fraction of sp³-hybridized carbons (Fsp3) is 1.00. The van der Waals surface area contributed by atoms with Gasteiger partial charge in [-0.25, -0.2) is 0 Å². The SMILES string of the molecule is CCCCNCCN1CCCN(C)CC1CC. The Bertz CT molecular complexity index is 184. The number of likely N-dealkylation sites (N-methyl/N-ethyl adjacent to an activating group) is 1. The number of rotatable bonds is 7. The average Bonchev–Trinajstić information content (AvgIpc) is 2.50. The van der Waals surface area contributed by atoms with E-state index in [2.05, 4.69) is 36.0 Å². The van der Waals surface area contributed by atoms with Gasteiger partial charge in [-0.3, -0.25) is 4.90 Å². The molecule has 0 aromatic carbocycles. The lowest BCUT2D eigenvalue weighted by molar-refractivity contribution is 0.184. The van der Waals surface area contributed by atoms with Crippen LogP contribution in [0.4, 0.5) is 0 Å². The molecule has 1 heterocycles. The number of hydrogen-bond acceptors (Lipinski definition) is 3. The summed E-state index contributed by atoms with van der Waals surface area (Å²) in [4.78, 5) is 5.17. The predicted octanol–water partition coefficient (Wildman–Crippen LogP) is 1.79. The Morgan fingerprint density at radius 1 is 1.18 bits per heavy atom. The van der Waals surface area contributed by atoms with Gasteiger partial charge in [-0.1, -0.05) is 20.3 Å². The van der Waals surface area contributed by atoms with Crippen LogP contribution in [0.2, 0.25) is 0 Å². The minimum atomic E-state index is 0.760. The zero-order valence-electron chi connectivity index (χ0n) is 12.0. The van der Waals surface area contributed by atoms with Crippen molar-refractivity contribution in [1.29, 1.82) is 0 Å². The van der Waals surface area contributed by atoms with Crippen molar-refractivity contribution in [2.45, 2.75) is 45.6 Å². The van der Waals surface area contributed by atoms with Gasteiger partial charge in [0.25, 0.3) is 0 Å². The molecular weight excluding hydrogens is 210 g/mol. The second-order valence-electron chi connectivity index (χ2n) is 5.32. The maximum Gasteiger partial charge on any atom is 0.0220 e. The molecule has 0 saturated carbocycles. The second-order valence-corrected chi connectivity index (χ2v) is 5.32. The Kier molecular flexibility index (Phi) is 7.82. The number of unbranched alkanes of at least 4 members (excludes halogenated alkanes) is 1. The van der Waals surface area contributed by atoms with Crippen molar-refractivity contribution in [2.75, 3.05) is 46.3 Å². The van der Waals surface area contributed by atoms with E-state index in [4.69, 9.17) is 0 Å². The van der Waals surface area contributed by atoms with Crippen LogP contribution in [0.15, 0.2) is 0 Å². The van der Waals surface area contributed by atoms with Gasteiger partial charge in [0.15, 0.2) is 0 Å². The van der Waals surface area contributed by atoms with Gasteiger partial charge in [0.1, 0.15) is 0 Å². The van der Waals surface area contributed by atoms with Crippen LogP contribution in [-0.4, -0.2) is 62.2 Å². The third-order valence-corrected chi connectivity index (χ3v) is 3.78. The summed E-state index contributed by atoms with van der Waals surface area (Å²) < 4.78 is 0. The smallest absolute Gasteiger partial charge is 0.0220 e. The van der Waals surface area contributed by atoms with Crippen LogP contribution < -0.4 is 5.32 Å². The monoisotopic (exact) mass is 241 g/mol. The van der Waals surface area contributed by atoms with E-state index >= 15 is 0 Å². The molecular formula is C14H31N3. The lowest BCUT2D eigenvalue weighted by Crippen LogP contribution is -2.43. The summed E-state index contributed by atoms with van der Waals surface area (Å²) in [6, 6.07) is 0.760. The Hall–Kier alpha value is -0.120. The summed E-state index contributed by atoms with van der Waals surface area (Å²) in [5.74, 6) is 0. The first-order chi connectivity index (χ1) is 8.27. The van der Waals surface area contributed by atoms with E-state index in [1.54, 1.807) is 0 Å². The minimum Gasteiger partial charge on any atom is -0.315 e. The van der Waals surface area contributed by atoms with Gasteiger partial charge in [-0.15, -0.1) is 0 Å². The second kappa shape index (κ2) is 8.90. The molecule has 1 rings (SSSR count). The van der Waals surface area contributed by atoms with Crippen molar-refractivity contribution in [3.8, 4) is 0 Å². The standard InChI is InChI=1S/C14H31N3/c1-4-6-8-15-9-12-17-11-7-10-16(3)13-14(17)5-2/h14-15H,4-13H2,1-3H3. The van der Waals surface area contributed by atoms with Crippen LogP contribution in [0.3, 0.4) is 0 Å². The molecule has 0 aromatic rings. The van der Waals surface area contributed by atoms with E-state index in [1.165, 1.54) is 58.4 Å². The highest BCUT2D eigenvalue weighted by Crippen LogP contribution is 2.11. The molecule has 1 unspecified atom stereocenters. The molecule has 1 aliphatic rings. The molecule has 1 saturated heterocycles. The molecule has 1 aliphatic heterocycles. The van der Waals surface area contributed by atoms with E-state index in [0.29, 0.717) is 0 Å². The lowest BCUT2D eigenvalue weighted by Gasteiger charge is -2.30. The Morgan fingerprint density at radius 2 is 2.00 bits per heavy atom.